The first kappa shape index (κ1) is 24.9. The van der Waals surface area contributed by atoms with E-state index in [0.717, 1.165) is 41.9 Å². The molecule has 1 N–H and O–H groups in total. The summed E-state index contributed by atoms with van der Waals surface area (Å²) < 4.78 is 7.53. The third-order valence-corrected chi connectivity index (χ3v) is 6.09. The maximum Gasteiger partial charge on any atom is 0.349 e. The van der Waals surface area contributed by atoms with Gasteiger partial charge in [-0.3, -0.25) is 9.36 Å². The first-order valence-corrected chi connectivity index (χ1v) is 12.2. The summed E-state index contributed by atoms with van der Waals surface area (Å²) >= 11 is 0. The molecule has 0 amide bonds. The van der Waals surface area contributed by atoms with E-state index in [4.69, 9.17) is 9.72 Å². The number of ether oxygens (including phenoxy) is 1. The first-order valence-electron chi connectivity index (χ1n) is 12.2. The number of aliphatic carboxylic acids is 1. The molecule has 184 valence electrons. The average Bonchev–Trinajstić information content (AvgIpc) is 2.89. The van der Waals surface area contributed by atoms with Crippen LogP contribution in [0.1, 0.15) is 48.5 Å². The molecule has 3 aromatic carbocycles. The minimum atomic E-state index is -1.10. The Morgan fingerprint density at radius 3 is 2.22 bits per heavy atom. The quantitative estimate of drug-likeness (QED) is 0.308. The van der Waals surface area contributed by atoms with E-state index < -0.39 is 12.1 Å². The lowest BCUT2D eigenvalue weighted by Crippen LogP contribution is -2.28. The van der Waals surface area contributed by atoms with Crippen molar-refractivity contribution in [2.24, 2.45) is 0 Å². The van der Waals surface area contributed by atoms with Crippen molar-refractivity contribution in [1.29, 1.82) is 0 Å². The summed E-state index contributed by atoms with van der Waals surface area (Å²) in [5.41, 5.74) is 3.61. The summed E-state index contributed by atoms with van der Waals surface area (Å²) in [6.45, 7) is 4.37. The van der Waals surface area contributed by atoms with Crippen molar-refractivity contribution in [3.8, 4) is 16.9 Å². The maximum atomic E-state index is 13.7. The maximum absolute atomic E-state index is 13.7. The fraction of sp³-hybridized carbons (Fsp3) is 0.233. The number of rotatable bonds is 10. The molecule has 0 aliphatic heterocycles. The highest BCUT2D eigenvalue weighted by molar-refractivity contribution is 5.74. The van der Waals surface area contributed by atoms with Crippen LogP contribution in [0.25, 0.3) is 11.1 Å². The molecule has 1 unspecified atom stereocenters. The Bertz CT molecular complexity index is 1360. The molecule has 36 heavy (non-hydrogen) atoms. The van der Waals surface area contributed by atoms with Gasteiger partial charge in [-0.2, -0.15) is 0 Å². The number of carbonyl (C=O) groups is 1. The van der Waals surface area contributed by atoms with E-state index in [1.54, 1.807) is 41.0 Å². The number of hydrogen-bond acceptors (Lipinski definition) is 4. The van der Waals surface area contributed by atoms with Crippen LogP contribution in [0, 0.1) is 6.92 Å². The predicted octanol–water partition coefficient (Wildman–Crippen LogP) is 5.81. The predicted molar refractivity (Wildman–Crippen MR) is 140 cm³/mol. The van der Waals surface area contributed by atoms with Gasteiger partial charge in [0.05, 0.1) is 17.8 Å². The lowest BCUT2D eigenvalue weighted by atomic mass is 10.1. The summed E-state index contributed by atoms with van der Waals surface area (Å²) in [7, 11) is 0. The second-order valence-electron chi connectivity index (χ2n) is 8.74. The minimum absolute atomic E-state index is 0.0600. The molecule has 0 bridgehead atoms. The van der Waals surface area contributed by atoms with Crippen molar-refractivity contribution in [1.82, 2.24) is 9.55 Å². The summed E-state index contributed by atoms with van der Waals surface area (Å²) in [4.78, 5) is 30.3. The normalized spacial score (nSPS) is 11.7. The smallest absolute Gasteiger partial charge is 0.349 e. The van der Waals surface area contributed by atoms with Crippen LogP contribution in [-0.4, -0.2) is 20.6 Å². The molecule has 4 aromatic rings. The molecule has 0 aliphatic carbocycles. The van der Waals surface area contributed by atoms with Crippen LogP contribution in [0.2, 0.25) is 0 Å². The van der Waals surface area contributed by atoms with Crippen LogP contribution in [0.3, 0.4) is 0 Å². The molecule has 6 heteroatoms. The van der Waals surface area contributed by atoms with Crippen LogP contribution >= 0.6 is 0 Å². The summed E-state index contributed by atoms with van der Waals surface area (Å²) in [6, 6.07) is 25.7. The van der Waals surface area contributed by atoms with Crippen molar-refractivity contribution in [2.45, 2.75) is 45.8 Å². The van der Waals surface area contributed by atoms with Gasteiger partial charge in [-0.1, -0.05) is 86.1 Å². The highest BCUT2D eigenvalue weighted by atomic mass is 16.5. The SMILES string of the molecule is CCCCc1nc(C)c(-c2ccccc2)c(=O)n1Cc1ccc(OC(C(=O)O)c2ccccc2)cc1. The standard InChI is InChI=1S/C30H30N2O4/c1-3-4-15-26-31-21(2)27(23-11-7-5-8-12-23)29(33)32(26)20-22-16-18-25(19-17-22)36-28(30(34)35)24-13-9-6-10-14-24/h5-14,16-19,28H,3-4,15,20H2,1-2H3,(H,34,35). The molecule has 0 saturated heterocycles. The van der Waals surface area contributed by atoms with Gasteiger partial charge in [-0.05, 0) is 36.6 Å². The van der Waals surface area contributed by atoms with Gasteiger partial charge in [0.2, 0.25) is 6.10 Å². The Balaban J connectivity index is 1.63. The summed E-state index contributed by atoms with van der Waals surface area (Å²) in [6.07, 6.45) is 1.57. The highest BCUT2D eigenvalue weighted by Crippen LogP contribution is 2.24. The number of benzene rings is 3. The van der Waals surface area contributed by atoms with Gasteiger partial charge in [0.25, 0.3) is 5.56 Å². The van der Waals surface area contributed by atoms with Gasteiger partial charge >= 0.3 is 5.97 Å². The van der Waals surface area contributed by atoms with Gasteiger partial charge in [0.15, 0.2) is 0 Å². The van der Waals surface area contributed by atoms with E-state index >= 15 is 0 Å². The second-order valence-corrected chi connectivity index (χ2v) is 8.74. The summed E-state index contributed by atoms with van der Waals surface area (Å²) in [5.74, 6) is 0.159. The molecular weight excluding hydrogens is 452 g/mol. The Morgan fingerprint density at radius 1 is 0.972 bits per heavy atom. The molecule has 1 aromatic heterocycles. The van der Waals surface area contributed by atoms with Crippen molar-refractivity contribution >= 4 is 5.97 Å². The van der Waals surface area contributed by atoms with Crippen molar-refractivity contribution < 1.29 is 14.6 Å². The Labute approximate surface area is 210 Å². The number of aryl methyl sites for hydroxylation is 2. The zero-order valence-corrected chi connectivity index (χ0v) is 20.6. The second kappa shape index (κ2) is 11.5. The molecule has 0 fully saturated rings. The molecular formula is C30H30N2O4. The average molecular weight is 483 g/mol. The van der Waals surface area contributed by atoms with Crippen LogP contribution < -0.4 is 10.3 Å². The van der Waals surface area contributed by atoms with Crippen LogP contribution in [0.15, 0.2) is 89.7 Å². The van der Waals surface area contributed by atoms with E-state index in [9.17, 15) is 14.7 Å². The van der Waals surface area contributed by atoms with Gasteiger partial charge in [0.1, 0.15) is 11.6 Å². The van der Waals surface area contributed by atoms with Crippen LogP contribution in [0.5, 0.6) is 5.75 Å². The Hall–Kier alpha value is -4.19. The molecule has 0 saturated carbocycles. The number of carboxylic acids is 1. The number of nitrogens with zero attached hydrogens (tertiary/aromatic N) is 2. The minimum Gasteiger partial charge on any atom is -0.478 e. The van der Waals surface area contributed by atoms with Crippen molar-refractivity contribution in [2.75, 3.05) is 0 Å². The molecule has 0 spiro atoms. The monoisotopic (exact) mass is 482 g/mol. The number of unbranched alkanes of at least 4 members (excludes halogenated alkanes) is 1. The zero-order valence-electron chi connectivity index (χ0n) is 20.6. The van der Waals surface area contributed by atoms with Gasteiger partial charge < -0.3 is 9.84 Å². The first-order chi connectivity index (χ1) is 17.5. The Morgan fingerprint density at radius 2 is 1.61 bits per heavy atom. The van der Waals surface area contributed by atoms with E-state index in [1.807, 2.05) is 55.5 Å². The fourth-order valence-electron chi connectivity index (χ4n) is 4.22. The van der Waals surface area contributed by atoms with Crippen LogP contribution in [-0.2, 0) is 17.8 Å². The third kappa shape index (κ3) is 5.71. The zero-order chi connectivity index (χ0) is 25.5. The van der Waals surface area contributed by atoms with Gasteiger partial charge in [-0.15, -0.1) is 0 Å². The van der Waals surface area contributed by atoms with E-state index in [2.05, 4.69) is 6.92 Å². The molecule has 0 radical (unpaired) electrons. The van der Waals surface area contributed by atoms with Crippen molar-refractivity contribution in [3.63, 3.8) is 0 Å². The fourth-order valence-corrected chi connectivity index (χ4v) is 4.22. The molecule has 1 atom stereocenters. The molecule has 4 rings (SSSR count). The topological polar surface area (TPSA) is 81.4 Å². The van der Waals surface area contributed by atoms with Crippen molar-refractivity contribution in [3.05, 3.63) is 118 Å². The summed E-state index contributed by atoms with van der Waals surface area (Å²) in [5, 5.41) is 9.64. The third-order valence-electron chi connectivity index (χ3n) is 6.09. The highest BCUT2D eigenvalue weighted by Gasteiger charge is 2.22. The van der Waals surface area contributed by atoms with Crippen LogP contribution in [0.4, 0.5) is 0 Å². The lowest BCUT2D eigenvalue weighted by molar-refractivity contribution is -0.145. The molecule has 1 heterocycles. The number of hydrogen-bond donors (Lipinski definition) is 1. The van der Waals surface area contributed by atoms with E-state index in [0.29, 0.717) is 23.4 Å². The lowest BCUT2D eigenvalue weighted by Gasteiger charge is -2.17. The van der Waals surface area contributed by atoms with Gasteiger partial charge in [-0.25, -0.2) is 9.78 Å². The largest absolute Gasteiger partial charge is 0.478 e. The Kier molecular flexibility index (Phi) is 7.95. The number of carboxylic acid groups (broad SMARTS) is 1. The van der Waals surface area contributed by atoms with Gasteiger partial charge in [0, 0.05) is 12.0 Å². The molecule has 0 aliphatic rings. The van der Waals surface area contributed by atoms with E-state index in [-0.39, 0.29) is 5.56 Å². The number of aromatic nitrogens is 2. The molecule has 6 nitrogen and oxygen atoms in total. The van der Waals surface area contributed by atoms with E-state index in [1.165, 1.54) is 0 Å².